The van der Waals surface area contributed by atoms with Crippen LogP contribution in [0.25, 0.3) is 23.0 Å². The third-order valence-corrected chi connectivity index (χ3v) is 3.01. The first-order valence-electron chi connectivity index (χ1n) is 5.90. The first kappa shape index (κ1) is 11.5. The van der Waals surface area contributed by atoms with Gasteiger partial charge < -0.3 is 14.7 Å². The summed E-state index contributed by atoms with van der Waals surface area (Å²) in [4.78, 5) is 4.35. The Bertz CT molecular complexity index is 708. The Morgan fingerprint density at radius 3 is 2.63 bits per heavy atom. The van der Waals surface area contributed by atoms with Gasteiger partial charge in [-0.3, -0.25) is 0 Å². The molecule has 19 heavy (non-hydrogen) atoms. The Hall–Kier alpha value is -2.56. The third kappa shape index (κ3) is 1.89. The molecule has 0 aliphatic heterocycles. The normalized spacial score (nSPS) is 10.8. The van der Waals surface area contributed by atoms with Crippen LogP contribution >= 0.6 is 0 Å². The van der Waals surface area contributed by atoms with E-state index in [1.54, 1.807) is 6.26 Å². The monoisotopic (exact) mass is 255 g/mol. The van der Waals surface area contributed by atoms with Crippen molar-refractivity contribution in [3.8, 4) is 23.0 Å². The largest absolute Gasteiger partial charge is 0.461 e. The van der Waals surface area contributed by atoms with Crippen molar-refractivity contribution in [2.45, 2.75) is 13.8 Å². The van der Waals surface area contributed by atoms with Crippen LogP contribution in [-0.2, 0) is 0 Å². The van der Waals surface area contributed by atoms with Gasteiger partial charge in [0.25, 0.3) is 5.89 Å². The van der Waals surface area contributed by atoms with Crippen molar-refractivity contribution in [3.63, 3.8) is 0 Å². The minimum Gasteiger partial charge on any atom is -0.461 e. The van der Waals surface area contributed by atoms with Crippen LogP contribution in [-0.4, -0.2) is 10.1 Å². The molecular formula is C14H13N3O2. The van der Waals surface area contributed by atoms with Gasteiger partial charge >= 0.3 is 0 Å². The second-order valence-corrected chi connectivity index (χ2v) is 4.40. The molecule has 3 aromatic rings. The van der Waals surface area contributed by atoms with Crippen LogP contribution in [0.15, 0.2) is 39.5 Å². The molecular weight excluding hydrogens is 242 g/mol. The summed E-state index contributed by atoms with van der Waals surface area (Å²) in [5.41, 5.74) is 9.30. The molecule has 0 saturated carbocycles. The summed E-state index contributed by atoms with van der Waals surface area (Å²) in [7, 11) is 0. The van der Waals surface area contributed by atoms with Gasteiger partial charge in [0, 0.05) is 5.69 Å². The Morgan fingerprint density at radius 2 is 1.95 bits per heavy atom. The maximum absolute atomic E-state index is 5.96. The van der Waals surface area contributed by atoms with Crippen molar-refractivity contribution in [3.05, 3.63) is 41.7 Å². The van der Waals surface area contributed by atoms with Gasteiger partial charge in [-0.2, -0.15) is 4.98 Å². The van der Waals surface area contributed by atoms with Crippen LogP contribution in [0.2, 0.25) is 0 Å². The summed E-state index contributed by atoms with van der Waals surface area (Å²) in [5, 5.41) is 3.94. The zero-order valence-corrected chi connectivity index (χ0v) is 10.7. The van der Waals surface area contributed by atoms with Crippen molar-refractivity contribution >= 4 is 5.69 Å². The number of aryl methyl sites for hydroxylation is 2. The maximum atomic E-state index is 5.96. The molecule has 0 unspecified atom stereocenters. The van der Waals surface area contributed by atoms with E-state index in [0.717, 1.165) is 16.7 Å². The molecule has 0 amide bonds. The second kappa shape index (κ2) is 4.28. The first-order chi connectivity index (χ1) is 9.16. The predicted octanol–water partition coefficient (Wildman–Crippen LogP) is 3.20. The quantitative estimate of drug-likeness (QED) is 0.711. The Labute approximate surface area is 110 Å². The number of benzene rings is 1. The van der Waals surface area contributed by atoms with Crippen LogP contribution in [0.5, 0.6) is 0 Å². The number of anilines is 1. The van der Waals surface area contributed by atoms with Crippen LogP contribution in [0, 0.1) is 13.8 Å². The molecule has 0 atom stereocenters. The fourth-order valence-corrected chi connectivity index (χ4v) is 2.00. The van der Waals surface area contributed by atoms with Gasteiger partial charge in [-0.25, -0.2) is 0 Å². The highest BCUT2D eigenvalue weighted by molar-refractivity contribution is 5.74. The molecule has 0 aliphatic carbocycles. The lowest BCUT2D eigenvalue weighted by Crippen LogP contribution is -1.92. The zero-order valence-electron chi connectivity index (χ0n) is 10.7. The molecule has 5 heteroatoms. The van der Waals surface area contributed by atoms with Gasteiger partial charge in [-0.1, -0.05) is 17.3 Å². The number of hydrogen-bond acceptors (Lipinski definition) is 5. The average Bonchev–Trinajstić information content (AvgIpc) is 2.98. The van der Waals surface area contributed by atoms with Crippen LogP contribution in [0.4, 0.5) is 5.69 Å². The molecule has 0 fully saturated rings. The van der Waals surface area contributed by atoms with Gasteiger partial charge in [0.05, 0.1) is 11.8 Å². The summed E-state index contributed by atoms with van der Waals surface area (Å²) < 4.78 is 10.6. The summed E-state index contributed by atoms with van der Waals surface area (Å²) in [5.74, 6) is 1.45. The topological polar surface area (TPSA) is 78.1 Å². The zero-order chi connectivity index (χ0) is 13.4. The average molecular weight is 255 g/mol. The van der Waals surface area contributed by atoms with E-state index in [-0.39, 0.29) is 0 Å². The Kier molecular flexibility index (Phi) is 2.59. The Balaban J connectivity index is 2.10. The van der Waals surface area contributed by atoms with E-state index < -0.39 is 0 Å². The van der Waals surface area contributed by atoms with Crippen molar-refractivity contribution in [1.82, 2.24) is 10.1 Å². The molecule has 0 radical (unpaired) electrons. The SMILES string of the molecule is Cc1ccoc1-c1noc(-c2c(C)cccc2N)n1. The van der Waals surface area contributed by atoms with Crippen LogP contribution in [0.3, 0.4) is 0 Å². The van der Waals surface area contributed by atoms with Crippen molar-refractivity contribution in [2.24, 2.45) is 0 Å². The van der Waals surface area contributed by atoms with E-state index in [0.29, 0.717) is 23.2 Å². The van der Waals surface area contributed by atoms with E-state index in [4.69, 9.17) is 14.7 Å². The molecule has 2 N–H and O–H groups in total. The molecule has 3 rings (SSSR count). The highest BCUT2D eigenvalue weighted by Crippen LogP contribution is 2.30. The summed E-state index contributed by atoms with van der Waals surface area (Å²) in [6.07, 6.45) is 1.60. The molecule has 2 heterocycles. The number of nitrogen functional groups attached to an aromatic ring is 1. The number of rotatable bonds is 2. The van der Waals surface area contributed by atoms with E-state index in [9.17, 15) is 0 Å². The molecule has 0 spiro atoms. The van der Waals surface area contributed by atoms with Gasteiger partial charge in [-0.05, 0) is 37.1 Å². The van der Waals surface area contributed by atoms with Crippen molar-refractivity contribution in [1.29, 1.82) is 0 Å². The number of nitrogens with two attached hydrogens (primary N) is 1. The van der Waals surface area contributed by atoms with E-state index in [1.807, 2.05) is 38.1 Å². The molecule has 96 valence electrons. The minimum atomic E-state index is 0.404. The minimum absolute atomic E-state index is 0.404. The van der Waals surface area contributed by atoms with Crippen molar-refractivity contribution < 1.29 is 8.94 Å². The molecule has 0 bridgehead atoms. The van der Waals surface area contributed by atoms with Gasteiger partial charge in [0.1, 0.15) is 0 Å². The van der Waals surface area contributed by atoms with E-state index in [2.05, 4.69) is 10.1 Å². The standard InChI is InChI=1S/C14H13N3O2/c1-8-4-3-5-10(15)11(8)14-16-13(17-19-14)12-9(2)6-7-18-12/h3-7H,15H2,1-2H3. The summed E-state index contributed by atoms with van der Waals surface area (Å²) >= 11 is 0. The smallest absolute Gasteiger partial charge is 0.260 e. The van der Waals surface area contributed by atoms with Gasteiger partial charge in [0.2, 0.25) is 5.82 Å². The fourth-order valence-electron chi connectivity index (χ4n) is 2.00. The summed E-state index contributed by atoms with van der Waals surface area (Å²) in [6.45, 7) is 3.88. The van der Waals surface area contributed by atoms with Crippen molar-refractivity contribution in [2.75, 3.05) is 5.73 Å². The van der Waals surface area contributed by atoms with Gasteiger partial charge in [-0.15, -0.1) is 0 Å². The lowest BCUT2D eigenvalue weighted by Gasteiger charge is -2.03. The number of nitrogens with zero attached hydrogens (tertiary/aromatic N) is 2. The number of hydrogen-bond donors (Lipinski definition) is 1. The lowest BCUT2D eigenvalue weighted by atomic mass is 10.1. The van der Waals surface area contributed by atoms with E-state index >= 15 is 0 Å². The first-order valence-corrected chi connectivity index (χ1v) is 5.90. The fraction of sp³-hybridized carbons (Fsp3) is 0.143. The maximum Gasteiger partial charge on any atom is 0.260 e. The molecule has 0 saturated heterocycles. The van der Waals surface area contributed by atoms with Crippen LogP contribution in [0.1, 0.15) is 11.1 Å². The highest BCUT2D eigenvalue weighted by Gasteiger charge is 2.17. The predicted molar refractivity (Wildman–Crippen MR) is 71.3 cm³/mol. The summed E-state index contributed by atoms with van der Waals surface area (Å²) in [6, 6.07) is 7.51. The lowest BCUT2D eigenvalue weighted by molar-refractivity contribution is 0.429. The number of aromatic nitrogens is 2. The molecule has 0 aliphatic rings. The molecule has 1 aromatic carbocycles. The molecule has 5 nitrogen and oxygen atoms in total. The van der Waals surface area contributed by atoms with Crippen LogP contribution < -0.4 is 5.73 Å². The van der Waals surface area contributed by atoms with Gasteiger partial charge in [0.15, 0.2) is 5.76 Å². The second-order valence-electron chi connectivity index (χ2n) is 4.40. The molecule has 2 aromatic heterocycles. The Morgan fingerprint density at radius 1 is 1.11 bits per heavy atom. The third-order valence-electron chi connectivity index (χ3n) is 3.01. The highest BCUT2D eigenvalue weighted by atomic mass is 16.5. The number of furan rings is 1. The van der Waals surface area contributed by atoms with E-state index in [1.165, 1.54) is 0 Å².